The lowest BCUT2D eigenvalue weighted by Crippen LogP contribution is -2.50. The largest absolute Gasteiger partial charge is 0.362 e. The molecule has 6 heteroatoms. The highest BCUT2D eigenvalue weighted by Crippen LogP contribution is 2.54. The maximum absolute atomic E-state index is 14.8. The Morgan fingerprint density at radius 3 is 2.35 bits per heavy atom. The van der Waals surface area contributed by atoms with Gasteiger partial charge >= 0.3 is 0 Å². The van der Waals surface area contributed by atoms with E-state index in [0.717, 1.165) is 49.5 Å². The third-order valence-corrected chi connectivity index (χ3v) is 8.39. The first-order valence-corrected chi connectivity index (χ1v) is 13.5. The van der Waals surface area contributed by atoms with Crippen molar-refractivity contribution in [3.63, 3.8) is 0 Å². The van der Waals surface area contributed by atoms with Crippen LogP contribution in [0.2, 0.25) is 0 Å². The van der Waals surface area contributed by atoms with E-state index in [1.165, 1.54) is 0 Å². The number of hydrogen-bond acceptors (Lipinski definition) is 4. The molecule has 1 unspecified atom stereocenters. The number of carbonyl (C=O) groups is 2. The van der Waals surface area contributed by atoms with Crippen LogP contribution >= 0.6 is 15.9 Å². The van der Waals surface area contributed by atoms with Gasteiger partial charge in [-0.15, -0.1) is 0 Å². The molecule has 1 aliphatic carbocycles. The van der Waals surface area contributed by atoms with Gasteiger partial charge in [0.15, 0.2) is 11.3 Å². The highest BCUT2D eigenvalue weighted by Gasteiger charge is 2.58. The van der Waals surface area contributed by atoms with E-state index in [2.05, 4.69) is 66.4 Å². The number of aryl methyl sites for hydroxylation is 2. The van der Waals surface area contributed by atoms with Crippen molar-refractivity contribution in [1.82, 2.24) is 0 Å². The molecule has 3 aromatic rings. The zero-order valence-electron chi connectivity index (χ0n) is 21.5. The molecule has 1 atom stereocenters. The van der Waals surface area contributed by atoms with E-state index < -0.39 is 5.54 Å². The number of anilines is 3. The summed E-state index contributed by atoms with van der Waals surface area (Å²) in [7, 11) is 0. The summed E-state index contributed by atoms with van der Waals surface area (Å²) in [6, 6.07) is 20.1. The van der Waals surface area contributed by atoms with Gasteiger partial charge in [0.1, 0.15) is 0 Å². The molecule has 188 valence electrons. The van der Waals surface area contributed by atoms with Crippen molar-refractivity contribution < 1.29 is 9.59 Å². The van der Waals surface area contributed by atoms with Crippen molar-refractivity contribution in [1.29, 1.82) is 0 Å². The van der Waals surface area contributed by atoms with Gasteiger partial charge in [0, 0.05) is 22.2 Å². The van der Waals surface area contributed by atoms with E-state index in [9.17, 15) is 9.59 Å². The zero-order valence-corrected chi connectivity index (χ0v) is 23.1. The summed E-state index contributed by atoms with van der Waals surface area (Å²) in [5.41, 5.74) is 6.48. The van der Waals surface area contributed by atoms with Crippen molar-refractivity contribution >= 4 is 44.7 Å². The SMILES string of the molecule is Cc1cc2c(cc1C)NC1(C(=O)N(Cc3ccccc3)c3ccc(Br)cc31)C1=C(CC(C)(C)CC1=O)N2. The van der Waals surface area contributed by atoms with Gasteiger partial charge in [0.2, 0.25) is 0 Å². The number of allylic oxidation sites excluding steroid dienone is 1. The van der Waals surface area contributed by atoms with Crippen LogP contribution in [0, 0.1) is 19.3 Å². The third-order valence-electron chi connectivity index (χ3n) is 7.89. The molecule has 5 nitrogen and oxygen atoms in total. The van der Waals surface area contributed by atoms with Crippen LogP contribution in [0.5, 0.6) is 0 Å². The molecular formula is C31H30BrN3O2. The van der Waals surface area contributed by atoms with Crippen LogP contribution in [0.15, 0.2) is 76.4 Å². The fourth-order valence-corrected chi connectivity index (χ4v) is 6.43. The Morgan fingerprint density at radius 2 is 1.62 bits per heavy atom. The standard InChI is InChI=1S/C31H30BrN3O2/c1-18-12-23-24(13-19(18)2)34-31(28-25(33-23)15-30(3,4)16-27(28)36)22-14-21(32)10-11-26(22)35(29(31)37)17-20-8-6-5-7-9-20/h5-14,33-34H,15-17H2,1-4H3. The van der Waals surface area contributed by atoms with E-state index in [1.807, 2.05) is 53.4 Å². The van der Waals surface area contributed by atoms with Crippen molar-refractivity contribution in [3.05, 3.63) is 98.7 Å². The van der Waals surface area contributed by atoms with Gasteiger partial charge < -0.3 is 15.5 Å². The fraction of sp³-hybridized carbons (Fsp3) is 0.290. The average Bonchev–Trinajstić information content (AvgIpc) is 2.95. The number of ketones is 1. The predicted molar refractivity (Wildman–Crippen MR) is 152 cm³/mol. The minimum atomic E-state index is -1.32. The minimum absolute atomic E-state index is 0.00772. The summed E-state index contributed by atoms with van der Waals surface area (Å²) in [6.45, 7) is 8.81. The molecule has 2 aliphatic heterocycles. The molecule has 3 aliphatic rings. The van der Waals surface area contributed by atoms with Crippen LogP contribution in [0.3, 0.4) is 0 Å². The quantitative estimate of drug-likeness (QED) is 0.357. The molecule has 1 amide bonds. The van der Waals surface area contributed by atoms with Crippen LogP contribution in [-0.2, 0) is 21.7 Å². The van der Waals surface area contributed by atoms with E-state index in [1.54, 1.807) is 0 Å². The minimum Gasteiger partial charge on any atom is -0.362 e. The van der Waals surface area contributed by atoms with E-state index in [-0.39, 0.29) is 17.1 Å². The number of amides is 1. The molecule has 1 spiro atoms. The topological polar surface area (TPSA) is 61.4 Å². The first-order chi connectivity index (χ1) is 17.6. The molecule has 0 saturated heterocycles. The molecule has 0 bridgehead atoms. The Kier molecular flexibility index (Phi) is 5.39. The lowest BCUT2D eigenvalue weighted by molar-refractivity contribution is -0.125. The van der Waals surface area contributed by atoms with Crippen LogP contribution in [0.25, 0.3) is 0 Å². The molecule has 0 fully saturated rings. The normalized spacial score (nSPS) is 21.7. The Balaban J connectivity index is 1.64. The molecular weight excluding hydrogens is 526 g/mol. The van der Waals surface area contributed by atoms with Crippen molar-refractivity contribution in [3.8, 4) is 0 Å². The molecule has 6 rings (SSSR count). The summed E-state index contributed by atoms with van der Waals surface area (Å²) in [5.74, 6) is -0.119. The van der Waals surface area contributed by atoms with Gasteiger partial charge in [-0.25, -0.2) is 0 Å². The summed E-state index contributed by atoms with van der Waals surface area (Å²) in [6.07, 6.45) is 1.07. The lowest BCUT2D eigenvalue weighted by Gasteiger charge is -2.38. The molecule has 2 N–H and O–H groups in total. The van der Waals surface area contributed by atoms with E-state index >= 15 is 0 Å². The van der Waals surface area contributed by atoms with E-state index in [0.29, 0.717) is 25.0 Å². The second kappa shape index (κ2) is 8.32. The second-order valence-corrected chi connectivity index (χ2v) is 12.2. The Hall–Kier alpha value is -3.38. The Labute approximate surface area is 226 Å². The van der Waals surface area contributed by atoms with Crippen molar-refractivity contribution in [2.24, 2.45) is 5.41 Å². The predicted octanol–water partition coefficient (Wildman–Crippen LogP) is 6.99. The Morgan fingerprint density at radius 1 is 0.919 bits per heavy atom. The number of nitrogens with one attached hydrogen (secondary N) is 2. The first-order valence-electron chi connectivity index (χ1n) is 12.7. The van der Waals surface area contributed by atoms with Gasteiger partial charge in [-0.2, -0.15) is 0 Å². The number of halogens is 1. The zero-order chi connectivity index (χ0) is 26.1. The second-order valence-electron chi connectivity index (χ2n) is 11.3. The van der Waals surface area contributed by atoms with E-state index in [4.69, 9.17) is 0 Å². The van der Waals surface area contributed by atoms with Gasteiger partial charge in [-0.1, -0.05) is 60.1 Å². The summed E-state index contributed by atoms with van der Waals surface area (Å²) >= 11 is 3.64. The molecule has 2 heterocycles. The maximum Gasteiger partial charge on any atom is 0.262 e. The van der Waals surface area contributed by atoms with Crippen molar-refractivity contribution in [2.45, 2.75) is 52.6 Å². The number of nitrogens with zero attached hydrogens (tertiary/aromatic N) is 1. The van der Waals surface area contributed by atoms with Crippen LogP contribution in [-0.4, -0.2) is 11.7 Å². The van der Waals surface area contributed by atoms with Crippen LogP contribution in [0.4, 0.5) is 17.1 Å². The molecule has 0 radical (unpaired) electrons. The molecule has 37 heavy (non-hydrogen) atoms. The number of fused-ring (bicyclic) bond motifs is 4. The lowest BCUT2D eigenvalue weighted by atomic mass is 9.69. The fourth-order valence-electron chi connectivity index (χ4n) is 6.07. The highest BCUT2D eigenvalue weighted by atomic mass is 79.9. The summed E-state index contributed by atoms with van der Waals surface area (Å²) in [5, 5.41) is 7.27. The van der Waals surface area contributed by atoms with Gasteiger partial charge in [0.05, 0.1) is 29.2 Å². The number of carbonyl (C=O) groups excluding carboxylic acids is 2. The highest BCUT2D eigenvalue weighted by molar-refractivity contribution is 9.10. The number of rotatable bonds is 2. The molecule has 0 saturated carbocycles. The summed E-state index contributed by atoms with van der Waals surface area (Å²) < 4.78 is 0.866. The number of hydrogen-bond donors (Lipinski definition) is 2. The first kappa shape index (κ1) is 24.0. The average molecular weight is 557 g/mol. The van der Waals surface area contributed by atoms with Gasteiger partial charge in [0.25, 0.3) is 5.91 Å². The smallest absolute Gasteiger partial charge is 0.262 e. The number of Topliss-reactive ketones (excluding diaryl/α,β-unsaturated/α-hetero) is 1. The molecule has 0 aromatic heterocycles. The number of benzene rings is 3. The Bertz CT molecular complexity index is 1510. The van der Waals surface area contributed by atoms with Crippen molar-refractivity contribution in [2.75, 3.05) is 15.5 Å². The monoisotopic (exact) mass is 555 g/mol. The van der Waals surface area contributed by atoms with Crippen LogP contribution < -0.4 is 15.5 Å². The van der Waals surface area contributed by atoms with Gasteiger partial charge in [-0.3, -0.25) is 9.59 Å². The van der Waals surface area contributed by atoms with Crippen LogP contribution in [0.1, 0.15) is 48.9 Å². The maximum atomic E-state index is 14.8. The molecule has 3 aromatic carbocycles. The van der Waals surface area contributed by atoms with Gasteiger partial charge in [-0.05, 0) is 72.7 Å². The third kappa shape index (κ3) is 3.72. The summed E-state index contributed by atoms with van der Waals surface area (Å²) in [4.78, 5) is 30.6.